The first-order valence-corrected chi connectivity index (χ1v) is 12.5. The maximum Gasteiger partial charge on any atom is 0.283 e. The minimum absolute atomic E-state index is 0.0706. The second-order valence-electron chi connectivity index (χ2n) is 9.52. The Labute approximate surface area is 219 Å². The number of nitrogens with zero attached hydrogens (tertiary/aromatic N) is 6. The van der Waals surface area contributed by atoms with Gasteiger partial charge in [-0.15, -0.1) is 0 Å². The molecular weight excluding hydrogens is 492 g/mol. The SMILES string of the molecule is COc1c(OCC(O)CN2CC(C)OC(C)C2)ccc2c3n(c(=NC(=O)c4cnc(N)nc4)nc12)CCN3. The number of methoxy groups -OCH3 is 1. The number of ether oxygens (including phenoxy) is 3. The number of nitrogens with two attached hydrogens (primary N) is 1. The fourth-order valence-electron chi connectivity index (χ4n) is 4.92. The molecule has 2 aliphatic rings. The van der Waals surface area contributed by atoms with E-state index in [1.54, 1.807) is 6.07 Å². The molecule has 1 saturated heterocycles. The lowest BCUT2D eigenvalue weighted by molar-refractivity contribution is -0.0787. The summed E-state index contributed by atoms with van der Waals surface area (Å²) in [6.45, 7) is 7.37. The van der Waals surface area contributed by atoms with E-state index >= 15 is 0 Å². The zero-order chi connectivity index (χ0) is 26.8. The molecule has 0 radical (unpaired) electrons. The van der Waals surface area contributed by atoms with Gasteiger partial charge in [0.1, 0.15) is 24.0 Å². The third-order valence-corrected chi connectivity index (χ3v) is 6.42. The maximum atomic E-state index is 12.8. The third kappa shape index (κ3) is 5.39. The standard InChI is InChI=1S/C25H32N8O5/c1-14-10-32(11-15(2)38-14)12-17(34)13-37-19-5-4-18-20(21(19)36-3)30-25(33-7-6-27-22(18)33)31-23(35)16-8-28-24(26)29-9-16/h4-5,8-9,14-15,17,27,34H,6-7,10-13H2,1-3H3,(H2,26,28,29). The van der Waals surface area contributed by atoms with Gasteiger partial charge in [0.25, 0.3) is 5.91 Å². The highest BCUT2D eigenvalue weighted by Gasteiger charge is 2.25. The molecule has 4 heterocycles. The number of nitrogen functional groups attached to an aromatic ring is 1. The summed E-state index contributed by atoms with van der Waals surface area (Å²) in [6, 6.07) is 3.67. The van der Waals surface area contributed by atoms with Crippen LogP contribution in [0.4, 0.5) is 11.8 Å². The number of hydrogen-bond donors (Lipinski definition) is 3. The Morgan fingerprint density at radius 1 is 1.29 bits per heavy atom. The summed E-state index contributed by atoms with van der Waals surface area (Å²) in [5, 5.41) is 14.8. The zero-order valence-corrected chi connectivity index (χ0v) is 21.6. The summed E-state index contributed by atoms with van der Waals surface area (Å²) in [7, 11) is 1.53. The van der Waals surface area contributed by atoms with Crippen LogP contribution in [0.5, 0.6) is 11.5 Å². The van der Waals surface area contributed by atoms with Crippen molar-refractivity contribution in [1.29, 1.82) is 0 Å². The van der Waals surface area contributed by atoms with E-state index in [1.807, 2.05) is 24.5 Å². The molecule has 0 spiro atoms. The number of benzene rings is 1. The number of fused-ring (bicyclic) bond motifs is 3. The fourth-order valence-corrected chi connectivity index (χ4v) is 4.92. The average molecular weight is 525 g/mol. The summed E-state index contributed by atoms with van der Waals surface area (Å²) in [4.78, 5) is 31.6. The first-order valence-electron chi connectivity index (χ1n) is 12.5. The summed E-state index contributed by atoms with van der Waals surface area (Å²) in [6.07, 6.45) is 2.18. The van der Waals surface area contributed by atoms with E-state index in [2.05, 4.69) is 30.2 Å². The van der Waals surface area contributed by atoms with E-state index in [0.717, 1.165) is 24.3 Å². The maximum absolute atomic E-state index is 12.8. The number of anilines is 2. The second kappa shape index (κ2) is 10.9. The van der Waals surface area contributed by atoms with Crippen molar-refractivity contribution >= 4 is 28.6 Å². The Hall–Kier alpha value is -3.81. The van der Waals surface area contributed by atoms with Gasteiger partial charge in [0.15, 0.2) is 11.5 Å². The van der Waals surface area contributed by atoms with Crippen LogP contribution in [0.3, 0.4) is 0 Å². The van der Waals surface area contributed by atoms with E-state index in [-0.39, 0.29) is 35.9 Å². The largest absolute Gasteiger partial charge is 0.491 e. The topological polar surface area (TPSA) is 162 Å². The van der Waals surface area contributed by atoms with E-state index in [0.29, 0.717) is 36.6 Å². The van der Waals surface area contributed by atoms with Crippen LogP contribution in [-0.2, 0) is 11.3 Å². The number of amides is 1. The minimum Gasteiger partial charge on any atom is -0.491 e. The Bertz CT molecular complexity index is 1380. The van der Waals surface area contributed by atoms with Crippen LogP contribution in [0.25, 0.3) is 10.9 Å². The summed E-state index contributed by atoms with van der Waals surface area (Å²) < 4.78 is 19.3. The normalized spacial score (nSPS) is 20.7. The van der Waals surface area contributed by atoms with Gasteiger partial charge in [-0.2, -0.15) is 4.99 Å². The van der Waals surface area contributed by atoms with Crippen LogP contribution in [0.1, 0.15) is 24.2 Å². The highest BCUT2D eigenvalue weighted by Crippen LogP contribution is 2.37. The van der Waals surface area contributed by atoms with E-state index in [4.69, 9.17) is 19.9 Å². The third-order valence-electron chi connectivity index (χ3n) is 6.42. The van der Waals surface area contributed by atoms with E-state index in [1.165, 1.54) is 19.5 Å². The highest BCUT2D eigenvalue weighted by atomic mass is 16.5. The van der Waals surface area contributed by atoms with Gasteiger partial charge in [0, 0.05) is 50.5 Å². The Morgan fingerprint density at radius 2 is 2.03 bits per heavy atom. The van der Waals surface area contributed by atoms with Crippen molar-refractivity contribution in [2.24, 2.45) is 4.99 Å². The van der Waals surface area contributed by atoms with Gasteiger partial charge >= 0.3 is 0 Å². The van der Waals surface area contributed by atoms with Crippen molar-refractivity contribution < 1.29 is 24.1 Å². The summed E-state index contributed by atoms with van der Waals surface area (Å²) >= 11 is 0. The summed E-state index contributed by atoms with van der Waals surface area (Å²) in [5.74, 6) is 1.12. The number of carbonyl (C=O) groups excluding carboxylic acids is 1. The second-order valence-corrected chi connectivity index (χ2v) is 9.52. The van der Waals surface area contributed by atoms with E-state index in [9.17, 15) is 9.90 Å². The summed E-state index contributed by atoms with van der Waals surface area (Å²) in [5.41, 5.74) is 6.42. The van der Waals surface area contributed by atoms with Crippen molar-refractivity contribution in [1.82, 2.24) is 24.4 Å². The Balaban J connectivity index is 1.42. The number of nitrogens with one attached hydrogen (secondary N) is 1. The van der Waals surface area contributed by atoms with Crippen LogP contribution in [0.2, 0.25) is 0 Å². The molecule has 3 unspecified atom stereocenters. The molecule has 5 rings (SSSR count). The Morgan fingerprint density at radius 3 is 2.74 bits per heavy atom. The molecule has 0 bridgehead atoms. The molecule has 1 amide bonds. The van der Waals surface area contributed by atoms with Crippen LogP contribution >= 0.6 is 0 Å². The zero-order valence-electron chi connectivity index (χ0n) is 21.6. The van der Waals surface area contributed by atoms with E-state index < -0.39 is 12.0 Å². The monoisotopic (exact) mass is 524 g/mol. The first kappa shape index (κ1) is 25.8. The molecule has 3 atom stereocenters. The average Bonchev–Trinajstić information content (AvgIpc) is 3.37. The van der Waals surface area contributed by atoms with Gasteiger partial charge in [-0.05, 0) is 26.0 Å². The minimum atomic E-state index is -0.705. The van der Waals surface area contributed by atoms with Crippen LogP contribution in [0, 0.1) is 0 Å². The van der Waals surface area contributed by atoms with Gasteiger partial charge in [-0.25, -0.2) is 15.0 Å². The van der Waals surface area contributed by atoms with Crippen molar-refractivity contribution in [2.45, 2.75) is 38.7 Å². The van der Waals surface area contributed by atoms with Gasteiger partial charge in [-0.3, -0.25) is 14.3 Å². The molecule has 0 aliphatic carbocycles. The molecule has 4 N–H and O–H groups in total. The Kier molecular flexibility index (Phi) is 7.40. The molecule has 2 aliphatic heterocycles. The lowest BCUT2D eigenvalue weighted by Crippen LogP contribution is -2.48. The quantitative estimate of drug-likeness (QED) is 0.393. The molecule has 202 valence electrons. The van der Waals surface area contributed by atoms with Crippen molar-refractivity contribution in [3.05, 3.63) is 35.7 Å². The molecule has 0 saturated carbocycles. The fraction of sp³-hybridized carbons (Fsp3) is 0.480. The van der Waals surface area contributed by atoms with Crippen LogP contribution in [-0.4, -0.2) is 93.6 Å². The molecule has 2 aromatic heterocycles. The van der Waals surface area contributed by atoms with Crippen molar-refractivity contribution in [3.8, 4) is 11.5 Å². The van der Waals surface area contributed by atoms with Gasteiger partial charge < -0.3 is 30.4 Å². The number of hydrogen-bond acceptors (Lipinski definition) is 11. The highest BCUT2D eigenvalue weighted by molar-refractivity contribution is 5.96. The molecule has 38 heavy (non-hydrogen) atoms. The van der Waals surface area contributed by atoms with Crippen molar-refractivity contribution in [2.75, 3.05) is 50.9 Å². The molecule has 3 aromatic rings. The smallest absolute Gasteiger partial charge is 0.283 e. The van der Waals surface area contributed by atoms with Gasteiger partial charge in [0.05, 0.1) is 24.9 Å². The molecule has 13 heteroatoms. The lowest BCUT2D eigenvalue weighted by Gasteiger charge is -2.36. The van der Waals surface area contributed by atoms with Crippen LogP contribution < -0.4 is 26.1 Å². The molecule has 1 fully saturated rings. The predicted octanol–water partition coefficient (Wildman–Crippen LogP) is 0.433. The number of aliphatic hydroxyl groups is 1. The van der Waals surface area contributed by atoms with Crippen LogP contribution in [0.15, 0.2) is 29.5 Å². The number of aliphatic hydroxyl groups excluding tert-OH is 1. The van der Waals surface area contributed by atoms with Gasteiger partial charge in [-0.1, -0.05) is 0 Å². The molecular formula is C25H32N8O5. The van der Waals surface area contributed by atoms with Gasteiger partial charge in [0.2, 0.25) is 11.6 Å². The number of morpholine rings is 1. The first-order chi connectivity index (χ1) is 18.3. The number of carbonyl (C=O) groups is 1. The lowest BCUT2D eigenvalue weighted by atomic mass is 10.2. The molecule has 13 nitrogen and oxygen atoms in total. The number of rotatable bonds is 7. The van der Waals surface area contributed by atoms with Crippen molar-refractivity contribution in [3.63, 3.8) is 0 Å². The molecule has 1 aromatic carbocycles. The predicted molar refractivity (Wildman–Crippen MR) is 139 cm³/mol. The number of β-amino-alcohol motifs (C(OH)–C–C–N with tert-alkyl or cyclic N) is 1. The number of aromatic nitrogens is 4.